The van der Waals surface area contributed by atoms with Crippen LogP contribution in [0.3, 0.4) is 0 Å². The lowest BCUT2D eigenvalue weighted by Crippen LogP contribution is -2.14. The van der Waals surface area contributed by atoms with Crippen molar-refractivity contribution >= 4 is 49.4 Å². The molecule has 0 amide bonds. The molecule has 188 valence electrons. The summed E-state index contributed by atoms with van der Waals surface area (Å²) in [5.41, 5.74) is 3.41. The Balaban J connectivity index is 1.92. The van der Waals surface area contributed by atoms with E-state index in [1.165, 1.54) is 17.3 Å². The topological polar surface area (TPSA) is 98.5 Å². The molecule has 0 aliphatic rings. The number of aromatic carboxylic acids is 1. The molecule has 0 radical (unpaired) electrons. The first-order valence-electron chi connectivity index (χ1n) is 11.5. The Bertz CT molecular complexity index is 1780. The highest BCUT2D eigenvalue weighted by molar-refractivity contribution is 7.90. The van der Waals surface area contributed by atoms with Gasteiger partial charge in [0.05, 0.1) is 28.7 Å². The lowest BCUT2D eigenvalue weighted by Gasteiger charge is -2.11. The van der Waals surface area contributed by atoms with E-state index in [9.17, 15) is 18.3 Å². The van der Waals surface area contributed by atoms with Crippen molar-refractivity contribution in [3.05, 3.63) is 106 Å². The average Bonchev–Trinajstić information content (AvgIpc) is 3.22. The predicted octanol–water partition coefficient (Wildman–Crippen LogP) is 5.82. The van der Waals surface area contributed by atoms with E-state index < -0.39 is 16.0 Å². The summed E-state index contributed by atoms with van der Waals surface area (Å²) < 4.78 is 34.6. The van der Waals surface area contributed by atoms with E-state index in [-0.39, 0.29) is 22.7 Å². The van der Waals surface area contributed by atoms with Crippen LogP contribution in [0.5, 0.6) is 0 Å². The third-order valence-electron chi connectivity index (χ3n) is 6.37. The van der Waals surface area contributed by atoms with E-state index in [4.69, 9.17) is 16.3 Å². The smallest absolute Gasteiger partial charge is 0.354 e. The minimum Gasteiger partial charge on any atom is -0.477 e. The molecule has 2 aromatic heterocycles. The zero-order chi connectivity index (χ0) is 26.3. The number of ether oxygens (including phenoxy) is 1. The Kier molecular flexibility index (Phi) is 6.49. The standard InChI is InChI=1S/C28H23ClN2O5S/c1-17-10-12-20(13-11-17)37(34,35)31-23-9-5-7-19(14-18-6-3-4-8-22(18)29)25(23)26-21(16-36-2)27(28(32)33)30-15-24(26)31/h3-13,15H,14,16H2,1-2H3,(H,32,33). The molecule has 0 fully saturated rings. The Morgan fingerprint density at radius 2 is 1.68 bits per heavy atom. The second-order valence-corrected chi connectivity index (χ2v) is 10.9. The summed E-state index contributed by atoms with van der Waals surface area (Å²) in [6, 6.07) is 19.4. The Morgan fingerprint density at radius 1 is 0.973 bits per heavy atom. The van der Waals surface area contributed by atoms with Gasteiger partial charge in [-0.05, 0) is 48.7 Å². The van der Waals surface area contributed by atoms with E-state index in [2.05, 4.69) is 4.98 Å². The van der Waals surface area contributed by atoms with Crippen LogP contribution in [0.1, 0.15) is 32.7 Å². The van der Waals surface area contributed by atoms with Gasteiger partial charge in [-0.2, -0.15) is 0 Å². The lowest BCUT2D eigenvalue weighted by atomic mass is 9.97. The molecular formula is C28H23ClN2O5S. The average molecular weight is 535 g/mol. The molecule has 37 heavy (non-hydrogen) atoms. The molecule has 0 saturated heterocycles. The fourth-order valence-corrected chi connectivity index (χ4v) is 6.39. The zero-order valence-corrected chi connectivity index (χ0v) is 21.7. The van der Waals surface area contributed by atoms with Gasteiger partial charge >= 0.3 is 5.97 Å². The van der Waals surface area contributed by atoms with Gasteiger partial charge in [-0.3, -0.25) is 0 Å². The molecule has 3 aromatic carbocycles. The number of hydrogen-bond donors (Lipinski definition) is 1. The molecule has 0 saturated carbocycles. The molecular weight excluding hydrogens is 512 g/mol. The number of carboxylic acids is 1. The zero-order valence-electron chi connectivity index (χ0n) is 20.1. The molecule has 7 nitrogen and oxygen atoms in total. The molecule has 9 heteroatoms. The second kappa shape index (κ2) is 9.63. The number of fused-ring (bicyclic) bond motifs is 3. The van der Waals surface area contributed by atoms with Gasteiger partial charge in [-0.25, -0.2) is 22.2 Å². The highest BCUT2D eigenvalue weighted by Crippen LogP contribution is 2.38. The Morgan fingerprint density at radius 3 is 2.35 bits per heavy atom. The fraction of sp³-hybridized carbons (Fsp3) is 0.143. The summed E-state index contributed by atoms with van der Waals surface area (Å²) in [6.45, 7) is 1.82. The highest BCUT2D eigenvalue weighted by atomic mass is 35.5. The summed E-state index contributed by atoms with van der Waals surface area (Å²) >= 11 is 6.45. The van der Waals surface area contributed by atoms with Crippen molar-refractivity contribution in [1.82, 2.24) is 8.96 Å². The van der Waals surface area contributed by atoms with Crippen molar-refractivity contribution in [3.63, 3.8) is 0 Å². The van der Waals surface area contributed by atoms with Crippen LogP contribution in [0.4, 0.5) is 0 Å². The minimum atomic E-state index is -4.07. The molecule has 0 bridgehead atoms. The van der Waals surface area contributed by atoms with Gasteiger partial charge < -0.3 is 9.84 Å². The highest BCUT2D eigenvalue weighted by Gasteiger charge is 2.28. The van der Waals surface area contributed by atoms with Gasteiger partial charge in [0.1, 0.15) is 0 Å². The van der Waals surface area contributed by atoms with Gasteiger partial charge in [-0.15, -0.1) is 0 Å². The number of carboxylic acid groups (broad SMARTS) is 1. The summed E-state index contributed by atoms with van der Waals surface area (Å²) in [4.78, 5) is 16.4. The van der Waals surface area contributed by atoms with Crippen LogP contribution < -0.4 is 0 Å². The largest absolute Gasteiger partial charge is 0.477 e. The number of rotatable bonds is 7. The van der Waals surface area contributed by atoms with Crippen LogP contribution in [0.25, 0.3) is 21.8 Å². The number of pyridine rings is 1. The van der Waals surface area contributed by atoms with Crippen LogP contribution in [-0.4, -0.2) is 35.6 Å². The van der Waals surface area contributed by atoms with Crippen molar-refractivity contribution in [2.75, 3.05) is 7.11 Å². The van der Waals surface area contributed by atoms with Crippen molar-refractivity contribution in [2.24, 2.45) is 0 Å². The molecule has 1 N–H and O–H groups in total. The van der Waals surface area contributed by atoms with Crippen LogP contribution in [-0.2, 0) is 27.8 Å². The number of benzene rings is 3. The summed E-state index contributed by atoms with van der Waals surface area (Å²) in [7, 11) is -2.61. The summed E-state index contributed by atoms with van der Waals surface area (Å²) in [5, 5.41) is 11.5. The first-order chi connectivity index (χ1) is 17.7. The molecule has 0 atom stereocenters. The maximum atomic E-state index is 14.0. The van der Waals surface area contributed by atoms with Crippen molar-refractivity contribution in [2.45, 2.75) is 24.8 Å². The normalized spacial score (nSPS) is 11.9. The SMILES string of the molecule is COCc1c(C(=O)O)ncc2c1c1c(Cc3ccccc3Cl)cccc1n2S(=O)(=O)c1ccc(C)cc1. The van der Waals surface area contributed by atoms with E-state index >= 15 is 0 Å². The monoisotopic (exact) mass is 534 g/mol. The Labute approximate surface area is 219 Å². The number of hydrogen-bond acceptors (Lipinski definition) is 5. The molecule has 0 unspecified atom stereocenters. The molecule has 5 rings (SSSR count). The maximum absolute atomic E-state index is 14.0. The van der Waals surface area contributed by atoms with Gasteiger partial charge in [0, 0.05) is 28.5 Å². The number of carbonyl (C=O) groups is 1. The number of methoxy groups -OCH3 is 1. The number of halogens is 1. The molecule has 0 aliphatic carbocycles. The lowest BCUT2D eigenvalue weighted by molar-refractivity contribution is 0.0685. The minimum absolute atomic E-state index is 0.0594. The van der Waals surface area contributed by atoms with Crippen molar-refractivity contribution in [3.8, 4) is 0 Å². The first-order valence-corrected chi connectivity index (χ1v) is 13.3. The van der Waals surface area contributed by atoms with Crippen LogP contribution >= 0.6 is 11.6 Å². The molecule has 0 spiro atoms. The van der Waals surface area contributed by atoms with Crippen LogP contribution in [0, 0.1) is 6.92 Å². The van der Waals surface area contributed by atoms with E-state index in [1.54, 1.807) is 42.5 Å². The second-order valence-electron chi connectivity index (χ2n) is 8.75. The van der Waals surface area contributed by atoms with Crippen molar-refractivity contribution < 1.29 is 23.1 Å². The first kappa shape index (κ1) is 25.0. The van der Waals surface area contributed by atoms with Gasteiger partial charge in [0.15, 0.2) is 5.69 Å². The third-order valence-corrected chi connectivity index (χ3v) is 8.48. The van der Waals surface area contributed by atoms with Crippen LogP contribution in [0.15, 0.2) is 77.8 Å². The number of aryl methyl sites for hydroxylation is 1. The third kappa shape index (κ3) is 4.27. The van der Waals surface area contributed by atoms with Gasteiger partial charge in [-0.1, -0.05) is 59.6 Å². The van der Waals surface area contributed by atoms with Gasteiger partial charge in [0.25, 0.3) is 10.0 Å². The Hall–Kier alpha value is -3.72. The number of aromatic nitrogens is 2. The van der Waals surface area contributed by atoms with E-state index in [0.717, 1.165) is 16.7 Å². The summed E-state index contributed by atoms with van der Waals surface area (Å²) in [5.74, 6) is -1.22. The summed E-state index contributed by atoms with van der Waals surface area (Å²) in [6.07, 6.45) is 1.72. The number of nitrogens with zero attached hydrogens (tertiary/aromatic N) is 2. The maximum Gasteiger partial charge on any atom is 0.354 e. The van der Waals surface area contributed by atoms with E-state index in [0.29, 0.717) is 33.3 Å². The van der Waals surface area contributed by atoms with E-state index in [1.807, 2.05) is 31.2 Å². The van der Waals surface area contributed by atoms with Crippen molar-refractivity contribution in [1.29, 1.82) is 0 Å². The van der Waals surface area contributed by atoms with Gasteiger partial charge in [0.2, 0.25) is 0 Å². The van der Waals surface area contributed by atoms with Crippen LogP contribution in [0.2, 0.25) is 5.02 Å². The molecule has 0 aliphatic heterocycles. The predicted molar refractivity (Wildman–Crippen MR) is 143 cm³/mol. The molecule has 2 heterocycles. The molecule has 5 aromatic rings. The quantitative estimate of drug-likeness (QED) is 0.282. The fourth-order valence-electron chi connectivity index (χ4n) is 4.69.